The molecule has 2 fully saturated rings. The third-order valence-corrected chi connectivity index (χ3v) is 4.56. The summed E-state index contributed by atoms with van der Waals surface area (Å²) in [6.45, 7) is 5.14. The van der Waals surface area contributed by atoms with Gasteiger partial charge in [0, 0.05) is 13.7 Å². The second kappa shape index (κ2) is 6.80. The summed E-state index contributed by atoms with van der Waals surface area (Å²) in [4.78, 5) is 13.6. The molecule has 2 aliphatic rings. The van der Waals surface area contributed by atoms with Gasteiger partial charge in [0.15, 0.2) is 5.82 Å². The quantitative estimate of drug-likeness (QED) is 0.853. The molecular formula is C16H24N4O3. The lowest BCUT2D eigenvalue weighted by atomic mass is 9.83. The Morgan fingerprint density at radius 3 is 2.91 bits per heavy atom. The smallest absolute Gasteiger partial charge is 0.245 e. The topological polar surface area (TPSA) is 76.6 Å². The molecule has 126 valence electrons. The monoisotopic (exact) mass is 320 g/mol. The maximum absolute atomic E-state index is 11.4. The van der Waals surface area contributed by atoms with E-state index in [1.165, 1.54) is 7.11 Å². The fourth-order valence-corrected chi connectivity index (χ4v) is 3.14. The summed E-state index contributed by atoms with van der Waals surface area (Å²) in [5.74, 6) is 1.23. The van der Waals surface area contributed by atoms with E-state index in [2.05, 4.69) is 20.4 Å². The van der Waals surface area contributed by atoms with Gasteiger partial charge < -0.3 is 19.7 Å². The van der Waals surface area contributed by atoms with Crippen LogP contribution in [0.4, 0.5) is 5.82 Å². The van der Waals surface area contributed by atoms with Gasteiger partial charge in [0.25, 0.3) is 0 Å². The molecule has 0 bridgehead atoms. The third-order valence-electron chi connectivity index (χ3n) is 4.56. The number of amides is 1. The fourth-order valence-electron chi connectivity index (χ4n) is 3.14. The van der Waals surface area contributed by atoms with Gasteiger partial charge in [-0.1, -0.05) is 0 Å². The van der Waals surface area contributed by atoms with Gasteiger partial charge in [-0.05, 0) is 37.8 Å². The van der Waals surface area contributed by atoms with Crippen molar-refractivity contribution in [3.05, 3.63) is 17.8 Å². The first-order chi connectivity index (χ1) is 11.1. The predicted molar refractivity (Wildman–Crippen MR) is 85.3 cm³/mol. The molecular weight excluding hydrogens is 296 g/mol. The average Bonchev–Trinajstić information content (AvgIpc) is 2.52. The van der Waals surface area contributed by atoms with Crippen molar-refractivity contribution in [1.82, 2.24) is 15.5 Å². The molecule has 0 unspecified atom stereocenters. The van der Waals surface area contributed by atoms with Gasteiger partial charge in [-0.3, -0.25) is 4.79 Å². The molecule has 2 aliphatic heterocycles. The normalized spacial score (nSPS) is 22.7. The van der Waals surface area contributed by atoms with E-state index in [4.69, 9.17) is 9.47 Å². The minimum Gasteiger partial charge on any atom is -0.375 e. The Morgan fingerprint density at radius 1 is 1.48 bits per heavy atom. The minimum atomic E-state index is -0.0689. The summed E-state index contributed by atoms with van der Waals surface area (Å²) in [6, 6.07) is 3.99. The fraction of sp³-hybridized carbons (Fsp3) is 0.688. The molecule has 0 saturated carbocycles. The van der Waals surface area contributed by atoms with Crippen molar-refractivity contribution in [2.45, 2.75) is 25.4 Å². The first-order valence-electron chi connectivity index (χ1n) is 8.05. The van der Waals surface area contributed by atoms with Gasteiger partial charge in [-0.2, -0.15) is 5.10 Å². The molecule has 1 N–H and O–H groups in total. The van der Waals surface area contributed by atoms with E-state index in [9.17, 15) is 4.79 Å². The van der Waals surface area contributed by atoms with E-state index in [-0.39, 0.29) is 18.1 Å². The number of carbonyl (C=O) groups excluding carboxylic acids is 1. The first-order valence-corrected chi connectivity index (χ1v) is 8.05. The molecule has 1 aromatic heterocycles. The number of aryl methyl sites for hydroxylation is 1. The third kappa shape index (κ3) is 3.79. The van der Waals surface area contributed by atoms with Crippen molar-refractivity contribution in [3.63, 3.8) is 0 Å². The van der Waals surface area contributed by atoms with Crippen LogP contribution in [-0.2, 0) is 14.3 Å². The lowest BCUT2D eigenvalue weighted by molar-refractivity contribution is -0.127. The standard InChI is InChI=1S/C16H24N4O3/c1-12-3-4-14(19-18-12)20-10-16(11-20)6-5-13(8-23-16)7-17-15(21)9-22-2/h3-4,13H,5-11H2,1-2H3,(H,17,21)/t13-/m1/s1. The molecule has 2 saturated heterocycles. The van der Waals surface area contributed by atoms with Crippen LogP contribution in [0.1, 0.15) is 18.5 Å². The zero-order chi connectivity index (χ0) is 16.3. The second-order valence-corrected chi connectivity index (χ2v) is 6.52. The van der Waals surface area contributed by atoms with Gasteiger partial charge in [-0.25, -0.2) is 0 Å². The Hall–Kier alpha value is -1.73. The minimum absolute atomic E-state index is 0.0421. The van der Waals surface area contributed by atoms with Crippen LogP contribution in [0, 0.1) is 12.8 Å². The van der Waals surface area contributed by atoms with Crippen LogP contribution in [0.15, 0.2) is 12.1 Å². The van der Waals surface area contributed by atoms with Crippen LogP contribution < -0.4 is 10.2 Å². The molecule has 1 atom stereocenters. The van der Waals surface area contributed by atoms with E-state index in [1.54, 1.807) is 0 Å². The Bertz CT molecular complexity index is 533. The molecule has 23 heavy (non-hydrogen) atoms. The van der Waals surface area contributed by atoms with E-state index >= 15 is 0 Å². The Kier molecular flexibility index (Phi) is 4.77. The van der Waals surface area contributed by atoms with Crippen LogP contribution in [0.5, 0.6) is 0 Å². The van der Waals surface area contributed by atoms with E-state index in [1.807, 2.05) is 19.1 Å². The van der Waals surface area contributed by atoms with Crippen molar-refractivity contribution in [2.75, 3.05) is 44.9 Å². The van der Waals surface area contributed by atoms with Crippen LogP contribution >= 0.6 is 0 Å². The van der Waals surface area contributed by atoms with Crippen molar-refractivity contribution in [3.8, 4) is 0 Å². The van der Waals surface area contributed by atoms with Gasteiger partial charge in [0.2, 0.25) is 5.91 Å². The Balaban J connectivity index is 1.42. The molecule has 3 rings (SSSR count). The van der Waals surface area contributed by atoms with Gasteiger partial charge in [0.1, 0.15) is 12.2 Å². The number of aromatic nitrogens is 2. The molecule has 1 spiro atoms. The van der Waals surface area contributed by atoms with E-state index < -0.39 is 0 Å². The zero-order valence-corrected chi connectivity index (χ0v) is 13.7. The highest BCUT2D eigenvalue weighted by atomic mass is 16.5. The predicted octanol–water partition coefficient (Wildman–Crippen LogP) is 0.533. The number of hydrogen-bond donors (Lipinski definition) is 1. The first kappa shape index (κ1) is 16.1. The maximum Gasteiger partial charge on any atom is 0.245 e. The molecule has 7 nitrogen and oxygen atoms in total. The SMILES string of the molecule is COCC(=O)NC[C@H]1CCC2(CN(c3ccc(C)nn3)C2)OC1. The number of nitrogens with one attached hydrogen (secondary N) is 1. The lowest BCUT2D eigenvalue weighted by Crippen LogP contribution is -2.65. The Morgan fingerprint density at radius 2 is 2.30 bits per heavy atom. The highest BCUT2D eigenvalue weighted by Crippen LogP contribution is 2.37. The molecule has 3 heterocycles. The highest BCUT2D eigenvalue weighted by Gasteiger charge is 2.47. The zero-order valence-electron chi connectivity index (χ0n) is 13.7. The van der Waals surface area contributed by atoms with Gasteiger partial charge in [0.05, 0.1) is 25.4 Å². The Labute approximate surface area is 136 Å². The molecule has 0 aromatic carbocycles. The summed E-state index contributed by atoms with van der Waals surface area (Å²) in [5.41, 5.74) is 0.885. The average molecular weight is 320 g/mol. The highest BCUT2D eigenvalue weighted by molar-refractivity contribution is 5.77. The lowest BCUT2D eigenvalue weighted by Gasteiger charge is -2.53. The van der Waals surface area contributed by atoms with E-state index in [0.29, 0.717) is 19.1 Å². The molecule has 0 radical (unpaired) electrons. The van der Waals surface area contributed by atoms with Crippen LogP contribution in [0.2, 0.25) is 0 Å². The molecule has 1 aromatic rings. The summed E-state index contributed by atoms with van der Waals surface area (Å²) >= 11 is 0. The molecule has 1 amide bonds. The van der Waals surface area contributed by atoms with Crippen molar-refractivity contribution >= 4 is 11.7 Å². The number of nitrogens with zero attached hydrogens (tertiary/aromatic N) is 3. The second-order valence-electron chi connectivity index (χ2n) is 6.52. The summed E-state index contributed by atoms with van der Waals surface area (Å²) in [6.07, 6.45) is 2.09. The van der Waals surface area contributed by atoms with Crippen LogP contribution in [0.25, 0.3) is 0 Å². The van der Waals surface area contributed by atoms with Gasteiger partial charge in [-0.15, -0.1) is 5.10 Å². The van der Waals surface area contributed by atoms with Crippen LogP contribution in [-0.4, -0.2) is 61.7 Å². The van der Waals surface area contributed by atoms with Crippen molar-refractivity contribution < 1.29 is 14.3 Å². The number of methoxy groups -OCH3 is 1. The largest absolute Gasteiger partial charge is 0.375 e. The summed E-state index contributed by atoms with van der Waals surface area (Å²) in [5, 5.41) is 11.2. The summed E-state index contributed by atoms with van der Waals surface area (Å²) < 4.78 is 10.9. The number of rotatable bonds is 5. The molecule has 0 aliphatic carbocycles. The van der Waals surface area contributed by atoms with Crippen molar-refractivity contribution in [2.24, 2.45) is 5.92 Å². The van der Waals surface area contributed by atoms with Crippen molar-refractivity contribution in [1.29, 1.82) is 0 Å². The van der Waals surface area contributed by atoms with E-state index in [0.717, 1.165) is 37.4 Å². The van der Waals surface area contributed by atoms with Gasteiger partial charge >= 0.3 is 0 Å². The number of anilines is 1. The number of ether oxygens (including phenoxy) is 2. The molecule has 7 heteroatoms. The van der Waals surface area contributed by atoms with Crippen LogP contribution in [0.3, 0.4) is 0 Å². The summed E-state index contributed by atoms with van der Waals surface area (Å²) in [7, 11) is 1.52. The number of hydrogen-bond acceptors (Lipinski definition) is 6. The number of carbonyl (C=O) groups is 1. The maximum atomic E-state index is 11.4.